The summed E-state index contributed by atoms with van der Waals surface area (Å²) in [4.78, 5) is 26.3. The van der Waals surface area contributed by atoms with Gasteiger partial charge < -0.3 is 9.97 Å². The van der Waals surface area contributed by atoms with Gasteiger partial charge in [0.15, 0.2) is 0 Å². The number of benzene rings is 2. The Balaban J connectivity index is 1.46. The number of hydrogen-bond acceptors (Lipinski definition) is 3. The summed E-state index contributed by atoms with van der Waals surface area (Å²) >= 11 is 0. The molecule has 0 atom stereocenters. The van der Waals surface area contributed by atoms with Gasteiger partial charge in [-0.1, -0.05) is 48.0 Å². The number of para-hydroxylation sites is 1. The number of H-pyrrole nitrogens is 2. The molecule has 5 heteroatoms. The second-order valence-electron chi connectivity index (χ2n) is 7.94. The number of aromatic amines is 2. The monoisotopic (exact) mass is 384 g/mol. The molecule has 146 valence electrons. The van der Waals surface area contributed by atoms with Crippen molar-refractivity contribution in [2.75, 3.05) is 6.54 Å². The summed E-state index contributed by atoms with van der Waals surface area (Å²) in [5, 5.41) is 1.27. The van der Waals surface area contributed by atoms with Crippen molar-refractivity contribution in [3.8, 4) is 11.4 Å². The molecule has 1 aliphatic rings. The molecule has 0 unspecified atom stereocenters. The number of nitrogens with zero attached hydrogens (tertiary/aromatic N) is 2. The summed E-state index contributed by atoms with van der Waals surface area (Å²) in [6.07, 6.45) is 0.729. The predicted octanol–water partition coefficient (Wildman–Crippen LogP) is 4.09. The summed E-state index contributed by atoms with van der Waals surface area (Å²) < 4.78 is 0. The summed E-state index contributed by atoms with van der Waals surface area (Å²) in [5.41, 5.74) is 7.56. The Kier molecular flexibility index (Phi) is 4.32. The van der Waals surface area contributed by atoms with Crippen LogP contribution in [0.5, 0.6) is 0 Å². The van der Waals surface area contributed by atoms with Gasteiger partial charge in [0, 0.05) is 47.4 Å². The van der Waals surface area contributed by atoms with E-state index in [9.17, 15) is 4.79 Å². The molecule has 0 amide bonds. The maximum Gasteiger partial charge on any atom is 0.254 e. The van der Waals surface area contributed by atoms with Crippen molar-refractivity contribution in [1.82, 2.24) is 19.9 Å². The van der Waals surface area contributed by atoms with E-state index >= 15 is 0 Å². The Hall–Kier alpha value is -3.18. The highest BCUT2D eigenvalue weighted by molar-refractivity contribution is 5.84. The first-order valence-electron chi connectivity index (χ1n) is 10.1. The van der Waals surface area contributed by atoms with Gasteiger partial charge in [-0.25, -0.2) is 4.98 Å². The van der Waals surface area contributed by atoms with Crippen LogP contribution in [0.3, 0.4) is 0 Å². The molecule has 2 aromatic carbocycles. The van der Waals surface area contributed by atoms with Crippen molar-refractivity contribution < 1.29 is 0 Å². The van der Waals surface area contributed by atoms with Crippen LogP contribution < -0.4 is 5.56 Å². The van der Waals surface area contributed by atoms with Gasteiger partial charge in [0.2, 0.25) is 0 Å². The quantitative estimate of drug-likeness (QED) is 0.559. The third-order valence-corrected chi connectivity index (χ3v) is 5.89. The van der Waals surface area contributed by atoms with E-state index < -0.39 is 0 Å². The minimum atomic E-state index is -0.00602. The van der Waals surface area contributed by atoms with E-state index in [4.69, 9.17) is 4.98 Å². The minimum absolute atomic E-state index is 0.00602. The molecule has 0 bridgehead atoms. The second-order valence-corrected chi connectivity index (χ2v) is 7.94. The molecule has 0 aliphatic carbocycles. The van der Waals surface area contributed by atoms with E-state index in [0.717, 1.165) is 36.3 Å². The van der Waals surface area contributed by atoms with Gasteiger partial charge in [-0.3, -0.25) is 9.69 Å². The average Bonchev–Trinajstić information content (AvgIpc) is 3.03. The Bertz CT molecular complexity index is 1250. The molecule has 0 saturated heterocycles. The molecule has 0 saturated carbocycles. The van der Waals surface area contributed by atoms with Crippen LogP contribution in [0.4, 0.5) is 0 Å². The van der Waals surface area contributed by atoms with Crippen molar-refractivity contribution >= 4 is 10.9 Å². The third kappa shape index (κ3) is 3.28. The van der Waals surface area contributed by atoms with Gasteiger partial charge in [0.25, 0.3) is 5.56 Å². The van der Waals surface area contributed by atoms with Gasteiger partial charge >= 0.3 is 0 Å². The Morgan fingerprint density at radius 3 is 2.66 bits per heavy atom. The first-order chi connectivity index (χ1) is 14.1. The fraction of sp³-hybridized carbons (Fsp3) is 0.250. The zero-order valence-corrected chi connectivity index (χ0v) is 16.7. The molecule has 5 nitrogen and oxygen atoms in total. The third-order valence-electron chi connectivity index (χ3n) is 5.89. The SMILES string of the molecule is Cc1ccc(-c2nc3c(c(=O)[nH]2)CCN(Cc2c(C)[nH]c4ccccc24)C3)cc1. The molecule has 1 aliphatic heterocycles. The van der Waals surface area contributed by atoms with E-state index in [2.05, 4.69) is 53.0 Å². The van der Waals surface area contributed by atoms with Crippen molar-refractivity contribution in [3.63, 3.8) is 0 Å². The molecule has 2 N–H and O–H groups in total. The van der Waals surface area contributed by atoms with Crippen LogP contribution in [-0.4, -0.2) is 26.4 Å². The van der Waals surface area contributed by atoms with Gasteiger partial charge in [-0.05, 0) is 31.9 Å². The van der Waals surface area contributed by atoms with Gasteiger partial charge in [0.1, 0.15) is 5.82 Å². The van der Waals surface area contributed by atoms with Gasteiger partial charge in [-0.15, -0.1) is 0 Å². The van der Waals surface area contributed by atoms with Crippen LogP contribution in [0.15, 0.2) is 53.3 Å². The van der Waals surface area contributed by atoms with E-state index in [1.165, 1.54) is 27.7 Å². The maximum absolute atomic E-state index is 12.7. The van der Waals surface area contributed by atoms with Crippen LogP contribution in [0, 0.1) is 13.8 Å². The van der Waals surface area contributed by atoms with Crippen LogP contribution in [0.2, 0.25) is 0 Å². The zero-order valence-electron chi connectivity index (χ0n) is 16.7. The van der Waals surface area contributed by atoms with E-state index in [1.54, 1.807) is 0 Å². The van der Waals surface area contributed by atoms with Gasteiger partial charge in [0.05, 0.1) is 5.69 Å². The molecular formula is C24H24N4O. The molecule has 29 heavy (non-hydrogen) atoms. The number of nitrogens with one attached hydrogen (secondary N) is 2. The Morgan fingerprint density at radius 2 is 1.83 bits per heavy atom. The second kappa shape index (κ2) is 7.01. The molecule has 3 heterocycles. The summed E-state index contributed by atoms with van der Waals surface area (Å²) in [7, 11) is 0. The highest BCUT2D eigenvalue weighted by Crippen LogP contribution is 2.26. The fourth-order valence-electron chi connectivity index (χ4n) is 4.24. The lowest BCUT2D eigenvalue weighted by atomic mass is 10.0. The van der Waals surface area contributed by atoms with Crippen molar-refractivity contribution in [3.05, 3.63) is 87.0 Å². The van der Waals surface area contributed by atoms with Crippen molar-refractivity contribution in [1.29, 1.82) is 0 Å². The molecular weight excluding hydrogens is 360 g/mol. The van der Waals surface area contributed by atoms with Gasteiger partial charge in [-0.2, -0.15) is 0 Å². The van der Waals surface area contributed by atoms with E-state index in [1.807, 2.05) is 24.3 Å². The number of fused-ring (bicyclic) bond motifs is 2. The highest BCUT2D eigenvalue weighted by atomic mass is 16.1. The van der Waals surface area contributed by atoms with Crippen LogP contribution in [0.1, 0.15) is 28.1 Å². The molecule has 5 rings (SSSR count). The van der Waals surface area contributed by atoms with Crippen LogP contribution >= 0.6 is 0 Å². The smallest absolute Gasteiger partial charge is 0.254 e. The highest BCUT2D eigenvalue weighted by Gasteiger charge is 2.23. The number of rotatable bonds is 3. The number of aryl methyl sites for hydroxylation is 2. The number of hydrogen-bond donors (Lipinski definition) is 2. The topological polar surface area (TPSA) is 64.8 Å². The average molecular weight is 384 g/mol. The fourth-order valence-corrected chi connectivity index (χ4v) is 4.24. The van der Waals surface area contributed by atoms with Crippen molar-refractivity contribution in [2.45, 2.75) is 33.4 Å². The van der Waals surface area contributed by atoms with E-state index in [-0.39, 0.29) is 5.56 Å². The first kappa shape index (κ1) is 17.9. The number of aromatic nitrogens is 3. The largest absolute Gasteiger partial charge is 0.358 e. The molecule has 2 aromatic heterocycles. The van der Waals surface area contributed by atoms with Crippen LogP contribution in [0.25, 0.3) is 22.3 Å². The Morgan fingerprint density at radius 1 is 1.03 bits per heavy atom. The maximum atomic E-state index is 12.7. The van der Waals surface area contributed by atoms with Crippen LogP contribution in [-0.2, 0) is 19.5 Å². The Labute approximate surface area is 169 Å². The zero-order chi connectivity index (χ0) is 20.0. The lowest BCUT2D eigenvalue weighted by molar-refractivity contribution is 0.241. The summed E-state index contributed by atoms with van der Waals surface area (Å²) in [5.74, 6) is 0.652. The summed E-state index contributed by atoms with van der Waals surface area (Å²) in [6.45, 7) is 6.59. The minimum Gasteiger partial charge on any atom is -0.358 e. The molecule has 0 fully saturated rings. The molecule has 0 radical (unpaired) electrons. The van der Waals surface area contributed by atoms with E-state index in [0.29, 0.717) is 12.4 Å². The lowest BCUT2D eigenvalue weighted by Gasteiger charge is -2.28. The normalized spacial score (nSPS) is 14.3. The predicted molar refractivity (Wildman–Crippen MR) is 116 cm³/mol. The molecule has 0 spiro atoms. The summed E-state index contributed by atoms with van der Waals surface area (Å²) in [6, 6.07) is 16.5. The lowest BCUT2D eigenvalue weighted by Crippen LogP contribution is -2.35. The van der Waals surface area contributed by atoms with Crippen molar-refractivity contribution in [2.24, 2.45) is 0 Å². The standard InChI is InChI=1S/C24H24N4O/c1-15-7-9-17(10-8-15)23-26-22-14-28(12-11-19(22)24(29)27-23)13-20-16(2)25-21-6-4-3-5-18(20)21/h3-10,25H,11-14H2,1-2H3,(H,26,27,29). The molecule has 4 aromatic rings. The first-order valence-corrected chi connectivity index (χ1v) is 10.1.